The fourth-order valence-electron chi connectivity index (χ4n) is 5.06. The molecular weight excluding hydrogens is 472 g/mol. The number of aliphatic hydroxyl groups is 1. The van der Waals surface area contributed by atoms with Gasteiger partial charge in [-0.2, -0.15) is 0 Å². The Balaban J connectivity index is 1.80. The van der Waals surface area contributed by atoms with Gasteiger partial charge in [-0.05, 0) is 61.7 Å². The number of allylic oxidation sites excluding steroid dienone is 2. The molecule has 36 heavy (non-hydrogen) atoms. The molecule has 6 heteroatoms. The summed E-state index contributed by atoms with van der Waals surface area (Å²) in [7, 11) is 1.61. The molecule has 182 valence electrons. The number of nitrogens with zero attached hydrogens (tertiary/aromatic N) is 1. The third-order valence-corrected chi connectivity index (χ3v) is 7.12. The molecule has 1 heterocycles. The van der Waals surface area contributed by atoms with E-state index in [1.54, 1.807) is 24.1 Å². The number of ether oxygens (including phenoxy) is 1. The summed E-state index contributed by atoms with van der Waals surface area (Å²) in [5.74, 6) is 0.299. The Morgan fingerprint density at radius 1 is 1.00 bits per heavy atom. The zero-order valence-corrected chi connectivity index (χ0v) is 21.0. The maximum absolute atomic E-state index is 13.5. The number of amidine groups is 1. The molecular formula is C30H27ClN2O3. The first-order valence-corrected chi connectivity index (χ1v) is 12.3. The van der Waals surface area contributed by atoms with Crippen LogP contribution < -0.4 is 9.64 Å². The van der Waals surface area contributed by atoms with Crippen molar-refractivity contribution in [2.24, 2.45) is 0 Å². The monoisotopic (exact) mass is 498 g/mol. The van der Waals surface area contributed by atoms with Crippen LogP contribution in [0.4, 0.5) is 5.69 Å². The maximum atomic E-state index is 13.5. The van der Waals surface area contributed by atoms with Crippen molar-refractivity contribution in [2.75, 3.05) is 12.0 Å². The van der Waals surface area contributed by atoms with E-state index in [0.29, 0.717) is 46.7 Å². The first-order valence-electron chi connectivity index (χ1n) is 11.9. The van der Waals surface area contributed by atoms with Crippen molar-refractivity contribution in [1.29, 1.82) is 5.41 Å². The molecule has 0 spiro atoms. The lowest BCUT2D eigenvalue weighted by atomic mass is 9.73. The standard InChI is InChI=1S/C30H27ClN2O3/c1-18-6-8-20(9-7-18)29(35)28-26(19-10-16-23(36-2)17-11-19)27-24(4-3-5-25(27)34)33(30(28)32)22-14-12-21(31)13-15-22/h6-17,26,32,35H,3-5H2,1-2H3/b29-28+,32-30?/t26-/m1/s1. The second-order valence-electron chi connectivity index (χ2n) is 9.13. The van der Waals surface area contributed by atoms with Crippen molar-refractivity contribution in [3.05, 3.63) is 111 Å². The summed E-state index contributed by atoms with van der Waals surface area (Å²) in [5.41, 5.74) is 5.06. The highest BCUT2D eigenvalue weighted by atomic mass is 35.5. The quantitative estimate of drug-likeness (QED) is 0.372. The van der Waals surface area contributed by atoms with Gasteiger partial charge in [-0.15, -0.1) is 0 Å². The van der Waals surface area contributed by atoms with Gasteiger partial charge in [-0.25, -0.2) is 0 Å². The first kappa shape index (κ1) is 23.9. The average Bonchev–Trinajstić information content (AvgIpc) is 2.89. The van der Waals surface area contributed by atoms with Crippen LogP contribution in [0.1, 0.15) is 41.9 Å². The van der Waals surface area contributed by atoms with E-state index in [9.17, 15) is 15.3 Å². The van der Waals surface area contributed by atoms with E-state index in [1.165, 1.54) is 0 Å². The third kappa shape index (κ3) is 4.20. The third-order valence-electron chi connectivity index (χ3n) is 6.87. The highest BCUT2D eigenvalue weighted by molar-refractivity contribution is 6.30. The molecule has 1 aliphatic carbocycles. The van der Waals surface area contributed by atoms with E-state index in [2.05, 4.69) is 0 Å². The lowest BCUT2D eigenvalue weighted by molar-refractivity contribution is -0.116. The van der Waals surface area contributed by atoms with E-state index >= 15 is 0 Å². The SMILES string of the molecule is COc1ccc([C@@H]2C3=C(CCCC3=O)N(c3ccc(Cl)cc3)C(=N)/C2=C(/O)c2ccc(C)cc2)cc1. The molecule has 0 amide bonds. The van der Waals surface area contributed by atoms with E-state index in [0.717, 1.165) is 22.5 Å². The Bertz CT molecular complexity index is 1390. The molecule has 0 unspecified atom stereocenters. The van der Waals surface area contributed by atoms with Gasteiger partial charge in [0.25, 0.3) is 0 Å². The summed E-state index contributed by atoms with van der Waals surface area (Å²) in [6, 6.07) is 22.3. The van der Waals surface area contributed by atoms with Crippen LogP contribution in [0.25, 0.3) is 5.76 Å². The van der Waals surface area contributed by atoms with Gasteiger partial charge in [0.05, 0.1) is 7.11 Å². The van der Waals surface area contributed by atoms with Gasteiger partial charge in [-0.3, -0.25) is 15.1 Å². The van der Waals surface area contributed by atoms with Crippen molar-refractivity contribution in [1.82, 2.24) is 0 Å². The van der Waals surface area contributed by atoms with Crippen LogP contribution in [0.2, 0.25) is 5.02 Å². The largest absolute Gasteiger partial charge is 0.507 e. The van der Waals surface area contributed by atoms with E-state index in [1.807, 2.05) is 67.6 Å². The molecule has 1 atom stereocenters. The van der Waals surface area contributed by atoms with Crippen molar-refractivity contribution in [2.45, 2.75) is 32.1 Å². The van der Waals surface area contributed by atoms with Crippen LogP contribution in [0.5, 0.6) is 5.75 Å². The number of benzene rings is 3. The number of aryl methyl sites for hydroxylation is 1. The van der Waals surface area contributed by atoms with E-state index in [4.69, 9.17) is 16.3 Å². The molecule has 5 nitrogen and oxygen atoms in total. The number of Topliss-reactive ketones (excluding diaryl/α,β-unsaturated/α-hetero) is 1. The second kappa shape index (κ2) is 9.67. The first-order chi connectivity index (χ1) is 17.4. The molecule has 2 N–H and O–H groups in total. The number of ketones is 1. The minimum Gasteiger partial charge on any atom is -0.507 e. The van der Waals surface area contributed by atoms with E-state index in [-0.39, 0.29) is 17.4 Å². The molecule has 3 aromatic rings. The number of hydrogen-bond acceptors (Lipinski definition) is 4. The topological polar surface area (TPSA) is 73.6 Å². The number of anilines is 1. The van der Waals surface area contributed by atoms with Gasteiger partial charge >= 0.3 is 0 Å². The zero-order chi connectivity index (χ0) is 25.4. The Morgan fingerprint density at radius 3 is 2.31 bits per heavy atom. The summed E-state index contributed by atoms with van der Waals surface area (Å²) in [6.45, 7) is 1.98. The van der Waals surface area contributed by atoms with Gasteiger partial charge < -0.3 is 9.84 Å². The lowest BCUT2D eigenvalue weighted by Gasteiger charge is -2.41. The number of aliphatic hydroxyl groups excluding tert-OH is 1. The Labute approximate surface area is 215 Å². The summed E-state index contributed by atoms with van der Waals surface area (Å²) in [6.07, 6.45) is 1.82. The predicted octanol–water partition coefficient (Wildman–Crippen LogP) is 7.21. The molecule has 2 aliphatic rings. The molecule has 0 bridgehead atoms. The van der Waals surface area contributed by atoms with Crippen molar-refractivity contribution in [3.8, 4) is 5.75 Å². The Hall–Kier alpha value is -3.83. The molecule has 0 saturated carbocycles. The fraction of sp³-hybridized carbons (Fsp3) is 0.200. The average molecular weight is 499 g/mol. The predicted molar refractivity (Wildman–Crippen MR) is 144 cm³/mol. The van der Waals surface area contributed by atoms with Crippen LogP contribution in [0.15, 0.2) is 89.6 Å². The lowest BCUT2D eigenvalue weighted by Crippen LogP contribution is -2.42. The number of halogens is 1. The molecule has 0 fully saturated rings. The summed E-state index contributed by atoms with van der Waals surface area (Å²) in [5, 5.41) is 21.6. The fourth-order valence-corrected chi connectivity index (χ4v) is 5.19. The minimum absolute atomic E-state index is 0.00953. The van der Waals surface area contributed by atoms with E-state index < -0.39 is 5.92 Å². The Kier molecular flexibility index (Phi) is 6.42. The number of methoxy groups -OCH3 is 1. The molecule has 0 aromatic heterocycles. The van der Waals surface area contributed by atoms with Crippen molar-refractivity contribution in [3.63, 3.8) is 0 Å². The number of nitrogens with one attached hydrogen (secondary N) is 1. The zero-order valence-electron chi connectivity index (χ0n) is 20.2. The molecule has 1 aliphatic heterocycles. The molecule has 3 aromatic carbocycles. The van der Waals surface area contributed by atoms with Crippen LogP contribution in [-0.2, 0) is 4.79 Å². The highest BCUT2D eigenvalue weighted by Crippen LogP contribution is 2.48. The van der Waals surface area contributed by atoms with Crippen LogP contribution in [0, 0.1) is 12.3 Å². The van der Waals surface area contributed by atoms with Crippen LogP contribution in [0.3, 0.4) is 0 Å². The van der Waals surface area contributed by atoms with Gasteiger partial charge in [-0.1, -0.05) is 53.6 Å². The minimum atomic E-state index is -0.573. The molecule has 0 radical (unpaired) electrons. The van der Waals surface area contributed by atoms with Crippen molar-refractivity contribution < 1.29 is 14.6 Å². The summed E-state index contributed by atoms with van der Waals surface area (Å²) >= 11 is 6.15. The van der Waals surface area contributed by atoms with Gasteiger partial charge in [0.1, 0.15) is 17.3 Å². The smallest absolute Gasteiger partial charge is 0.161 e. The van der Waals surface area contributed by atoms with Gasteiger partial charge in [0.2, 0.25) is 0 Å². The normalized spacial score (nSPS) is 19.3. The molecule has 5 rings (SSSR count). The van der Waals surface area contributed by atoms with Crippen molar-refractivity contribution >= 4 is 34.7 Å². The van der Waals surface area contributed by atoms with Gasteiger partial charge in [0, 0.05) is 45.5 Å². The summed E-state index contributed by atoms with van der Waals surface area (Å²) < 4.78 is 5.34. The number of carbonyl (C=O) groups excluding carboxylic acids is 1. The Morgan fingerprint density at radius 2 is 1.67 bits per heavy atom. The van der Waals surface area contributed by atoms with Gasteiger partial charge in [0.15, 0.2) is 5.78 Å². The number of rotatable bonds is 4. The van der Waals surface area contributed by atoms with Crippen LogP contribution in [-0.4, -0.2) is 23.8 Å². The number of hydrogen-bond donors (Lipinski definition) is 2. The maximum Gasteiger partial charge on any atom is 0.161 e. The summed E-state index contributed by atoms with van der Waals surface area (Å²) in [4.78, 5) is 15.3. The van der Waals surface area contributed by atoms with Crippen LogP contribution >= 0.6 is 11.6 Å². The highest BCUT2D eigenvalue weighted by Gasteiger charge is 2.43. The number of carbonyl (C=O) groups is 1. The second-order valence-corrected chi connectivity index (χ2v) is 9.57. The molecule has 0 saturated heterocycles.